The van der Waals surface area contributed by atoms with Crippen LogP contribution >= 0.6 is 15.9 Å². The maximum atomic E-state index is 12.4. The number of nitrogens with zero attached hydrogens (tertiary/aromatic N) is 2. The van der Waals surface area contributed by atoms with Crippen LogP contribution in [0.1, 0.15) is 31.5 Å². The Balaban J connectivity index is 2.24. The first kappa shape index (κ1) is 14.0. The summed E-state index contributed by atoms with van der Waals surface area (Å²) in [6.07, 6.45) is 5.54. The highest BCUT2D eigenvalue weighted by Gasteiger charge is 2.34. The van der Waals surface area contributed by atoms with E-state index in [0.29, 0.717) is 5.82 Å². The predicted octanol–water partition coefficient (Wildman–Crippen LogP) is 2.04. The summed E-state index contributed by atoms with van der Waals surface area (Å²) in [5, 5.41) is 0.174. The normalized spacial score (nSPS) is 25.6. The van der Waals surface area contributed by atoms with Crippen LogP contribution in [-0.2, 0) is 10.0 Å². The Kier molecular flexibility index (Phi) is 4.13. The molecule has 0 amide bonds. The Bertz CT molecular complexity index is 514. The summed E-state index contributed by atoms with van der Waals surface area (Å²) in [7, 11) is -1.82. The van der Waals surface area contributed by atoms with Crippen LogP contribution in [0.2, 0.25) is 0 Å². The average molecular weight is 336 g/mol. The molecule has 7 heteroatoms. The molecule has 1 aliphatic rings. The Morgan fingerprint density at radius 3 is 2.67 bits per heavy atom. The first-order valence-corrected chi connectivity index (χ1v) is 8.42. The number of nitrogens with one attached hydrogen (secondary N) is 1. The summed E-state index contributed by atoms with van der Waals surface area (Å²) < 4.78 is 26.3. The minimum Gasteiger partial charge on any atom is -0.332 e. The zero-order valence-electron chi connectivity index (χ0n) is 10.6. The van der Waals surface area contributed by atoms with E-state index in [9.17, 15) is 8.42 Å². The standard InChI is InChI=1S/C11H18BrN3O2S/c1-8-13-7-11(14-8)18(16,17)15(2)10-6-4-3-5-9(10)12/h7,9-10H,3-6H2,1-2H3,(H,13,14). The first-order valence-electron chi connectivity index (χ1n) is 6.06. The molecule has 1 saturated carbocycles. The van der Waals surface area contributed by atoms with Gasteiger partial charge in [-0.1, -0.05) is 28.8 Å². The Morgan fingerprint density at radius 1 is 1.44 bits per heavy atom. The van der Waals surface area contributed by atoms with Crippen LogP contribution in [0, 0.1) is 6.92 Å². The highest BCUT2D eigenvalue weighted by atomic mass is 79.9. The summed E-state index contributed by atoms with van der Waals surface area (Å²) in [6.45, 7) is 1.74. The van der Waals surface area contributed by atoms with Gasteiger partial charge in [-0.05, 0) is 19.8 Å². The number of aryl methyl sites for hydroxylation is 1. The van der Waals surface area contributed by atoms with Crippen molar-refractivity contribution >= 4 is 26.0 Å². The number of H-pyrrole nitrogens is 1. The highest BCUT2D eigenvalue weighted by Crippen LogP contribution is 2.30. The lowest BCUT2D eigenvalue weighted by molar-refractivity contribution is 0.296. The van der Waals surface area contributed by atoms with E-state index in [-0.39, 0.29) is 15.9 Å². The van der Waals surface area contributed by atoms with E-state index in [1.165, 1.54) is 10.5 Å². The molecule has 0 radical (unpaired) electrons. The van der Waals surface area contributed by atoms with Crippen molar-refractivity contribution in [1.82, 2.24) is 14.3 Å². The molecule has 1 N–H and O–H groups in total. The molecule has 18 heavy (non-hydrogen) atoms. The van der Waals surface area contributed by atoms with Gasteiger partial charge in [0.05, 0.1) is 6.20 Å². The number of aromatic nitrogens is 2. The molecule has 0 bridgehead atoms. The van der Waals surface area contributed by atoms with Crippen LogP contribution in [0.25, 0.3) is 0 Å². The molecular weight excluding hydrogens is 318 g/mol. The molecule has 2 atom stereocenters. The number of aromatic amines is 1. The van der Waals surface area contributed by atoms with Crippen molar-refractivity contribution in [2.45, 2.75) is 48.5 Å². The van der Waals surface area contributed by atoms with Crippen molar-refractivity contribution in [1.29, 1.82) is 0 Å². The molecule has 1 heterocycles. The highest BCUT2D eigenvalue weighted by molar-refractivity contribution is 9.09. The topological polar surface area (TPSA) is 66.1 Å². The molecule has 1 aromatic heterocycles. The van der Waals surface area contributed by atoms with Crippen molar-refractivity contribution < 1.29 is 8.42 Å². The van der Waals surface area contributed by atoms with Crippen molar-refractivity contribution in [3.05, 3.63) is 12.0 Å². The van der Waals surface area contributed by atoms with Crippen LogP contribution in [0.5, 0.6) is 0 Å². The molecule has 0 saturated heterocycles. The van der Waals surface area contributed by atoms with Crippen LogP contribution in [0.15, 0.2) is 11.2 Å². The van der Waals surface area contributed by atoms with Gasteiger partial charge in [-0.3, -0.25) is 0 Å². The van der Waals surface area contributed by atoms with Gasteiger partial charge in [-0.25, -0.2) is 13.4 Å². The third-order valence-corrected chi connectivity index (χ3v) is 6.31. The van der Waals surface area contributed by atoms with Gasteiger partial charge < -0.3 is 4.98 Å². The van der Waals surface area contributed by atoms with Crippen LogP contribution in [0.4, 0.5) is 0 Å². The van der Waals surface area contributed by atoms with Crippen molar-refractivity contribution in [3.63, 3.8) is 0 Å². The van der Waals surface area contributed by atoms with Gasteiger partial charge in [0.2, 0.25) is 0 Å². The molecule has 0 spiro atoms. The van der Waals surface area contributed by atoms with Gasteiger partial charge in [-0.2, -0.15) is 4.31 Å². The molecule has 0 aliphatic heterocycles. The van der Waals surface area contributed by atoms with Crippen LogP contribution < -0.4 is 0 Å². The smallest absolute Gasteiger partial charge is 0.260 e. The molecule has 1 aliphatic carbocycles. The Hall–Kier alpha value is -0.400. The van der Waals surface area contributed by atoms with Gasteiger partial charge in [0.15, 0.2) is 5.03 Å². The van der Waals surface area contributed by atoms with Gasteiger partial charge in [0.1, 0.15) is 5.82 Å². The van der Waals surface area contributed by atoms with E-state index in [1.807, 2.05) is 0 Å². The summed E-state index contributed by atoms with van der Waals surface area (Å²) >= 11 is 3.59. The van der Waals surface area contributed by atoms with Crippen LogP contribution in [-0.4, -0.2) is 40.6 Å². The maximum Gasteiger partial charge on any atom is 0.260 e. The zero-order chi connectivity index (χ0) is 13.3. The fourth-order valence-electron chi connectivity index (χ4n) is 2.34. The fraction of sp³-hybridized carbons (Fsp3) is 0.727. The number of rotatable bonds is 3. The first-order chi connectivity index (χ1) is 8.43. The zero-order valence-corrected chi connectivity index (χ0v) is 13.0. The Labute approximate surface area is 116 Å². The summed E-state index contributed by atoms with van der Waals surface area (Å²) in [6, 6.07) is 0.0207. The molecule has 5 nitrogen and oxygen atoms in total. The second-order valence-electron chi connectivity index (χ2n) is 4.72. The van der Waals surface area contributed by atoms with E-state index < -0.39 is 10.0 Å². The number of hydrogen-bond acceptors (Lipinski definition) is 3. The predicted molar refractivity (Wildman–Crippen MR) is 73.2 cm³/mol. The lowest BCUT2D eigenvalue weighted by Crippen LogP contribution is -2.44. The fourth-order valence-corrected chi connectivity index (χ4v) is 4.82. The quantitative estimate of drug-likeness (QED) is 0.859. The summed E-state index contributed by atoms with van der Waals surface area (Å²) in [5.74, 6) is 0.612. The maximum absolute atomic E-state index is 12.4. The van der Waals surface area contributed by atoms with E-state index in [0.717, 1.165) is 25.7 Å². The number of alkyl halides is 1. The third kappa shape index (κ3) is 2.62. The molecule has 0 aromatic carbocycles. The number of sulfonamides is 1. The minimum atomic E-state index is -3.47. The monoisotopic (exact) mass is 335 g/mol. The summed E-state index contributed by atoms with van der Waals surface area (Å²) in [5.41, 5.74) is 0. The summed E-state index contributed by atoms with van der Waals surface area (Å²) in [4.78, 5) is 6.98. The second kappa shape index (κ2) is 5.30. The number of hydrogen-bond donors (Lipinski definition) is 1. The van der Waals surface area contributed by atoms with Gasteiger partial charge in [0, 0.05) is 17.9 Å². The van der Waals surface area contributed by atoms with Gasteiger partial charge in [-0.15, -0.1) is 0 Å². The van der Waals surface area contributed by atoms with E-state index in [1.54, 1.807) is 14.0 Å². The molecule has 2 rings (SSSR count). The van der Waals surface area contributed by atoms with Crippen LogP contribution in [0.3, 0.4) is 0 Å². The van der Waals surface area contributed by atoms with Crippen molar-refractivity contribution in [3.8, 4) is 0 Å². The number of imidazole rings is 1. The lowest BCUT2D eigenvalue weighted by Gasteiger charge is -2.33. The lowest BCUT2D eigenvalue weighted by atomic mass is 9.96. The number of halogens is 1. The second-order valence-corrected chi connectivity index (χ2v) is 7.86. The van der Waals surface area contributed by atoms with E-state index in [2.05, 4.69) is 25.9 Å². The Morgan fingerprint density at radius 2 is 2.11 bits per heavy atom. The average Bonchev–Trinajstić information content (AvgIpc) is 2.76. The molecular formula is C11H18BrN3O2S. The van der Waals surface area contributed by atoms with Gasteiger partial charge >= 0.3 is 0 Å². The van der Waals surface area contributed by atoms with Crippen molar-refractivity contribution in [2.24, 2.45) is 0 Å². The molecule has 2 unspecified atom stereocenters. The van der Waals surface area contributed by atoms with E-state index in [4.69, 9.17) is 0 Å². The minimum absolute atomic E-state index is 0.0207. The third-order valence-electron chi connectivity index (χ3n) is 3.45. The van der Waals surface area contributed by atoms with Crippen molar-refractivity contribution in [2.75, 3.05) is 7.05 Å². The van der Waals surface area contributed by atoms with E-state index >= 15 is 0 Å². The SMILES string of the molecule is Cc1ncc(S(=O)(=O)N(C)C2CCCCC2Br)[nH]1. The largest absolute Gasteiger partial charge is 0.332 e. The van der Waals surface area contributed by atoms with Gasteiger partial charge in [0.25, 0.3) is 10.0 Å². The molecule has 1 aromatic rings. The molecule has 102 valence electrons. The molecule has 1 fully saturated rings.